The van der Waals surface area contributed by atoms with E-state index in [0.717, 1.165) is 19.3 Å². The zero-order valence-corrected chi connectivity index (χ0v) is 13.8. The van der Waals surface area contributed by atoms with Gasteiger partial charge in [-0.15, -0.1) is 10.2 Å². The topological polar surface area (TPSA) is 88.3 Å². The Bertz CT molecular complexity index is 626. The van der Waals surface area contributed by atoms with Crippen LogP contribution >= 0.6 is 0 Å². The molecular formula is C14H24N4O3S. The van der Waals surface area contributed by atoms with Gasteiger partial charge in [0.2, 0.25) is 10.0 Å². The maximum atomic E-state index is 12.5. The Balaban J connectivity index is 1.65. The molecule has 3 rings (SSSR count). The van der Waals surface area contributed by atoms with Gasteiger partial charge < -0.3 is 9.67 Å². The average molecular weight is 328 g/mol. The van der Waals surface area contributed by atoms with E-state index in [1.165, 1.54) is 4.31 Å². The zero-order valence-electron chi connectivity index (χ0n) is 13.0. The first kappa shape index (κ1) is 15.9. The zero-order chi connectivity index (χ0) is 15.8. The summed E-state index contributed by atoms with van der Waals surface area (Å²) in [5, 5.41) is 18.6. The molecule has 22 heavy (non-hydrogen) atoms. The van der Waals surface area contributed by atoms with Crippen molar-refractivity contribution in [1.82, 2.24) is 19.1 Å². The van der Waals surface area contributed by atoms with Crippen LogP contribution in [0.25, 0.3) is 0 Å². The molecule has 0 bridgehead atoms. The van der Waals surface area contributed by atoms with Gasteiger partial charge in [-0.3, -0.25) is 0 Å². The van der Waals surface area contributed by atoms with E-state index in [9.17, 15) is 13.5 Å². The highest BCUT2D eigenvalue weighted by molar-refractivity contribution is 7.89. The van der Waals surface area contributed by atoms with Gasteiger partial charge >= 0.3 is 0 Å². The molecule has 1 aliphatic carbocycles. The lowest BCUT2D eigenvalue weighted by Crippen LogP contribution is -2.52. The average Bonchev–Trinajstić information content (AvgIpc) is 3.21. The second-order valence-corrected chi connectivity index (χ2v) is 8.83. The van der Waals surface area contributed by atoms with Crippen molar-refractivity contribution < 1.29 is 13.5 Å². The number of sulfonamides is 1. The number of hydrogen-bond acceptors (Lipinski definition) is 5. The lowest BCUT2D eigenvalue weighted by molar-refractivity contribution is -0.00931. The molecule has 0 aromatic carbocycles. The van der Waals surface area contributed by atoms with Crippen molar-refractivity contribution in [2.75, 3.05) is 18.8 Å². The van der Waals surface area contributed by atoms with E-state index in [1.807, 2.05) is 7.05 Å². The Hall–Kier alpha value is -0.990. The summed E-state index contributed by atoms with van der Waals surface area (Å²) in [6.07, 6.45) is 6.26. The van der Waals surface area contributed by atoms with Crippen LogP contribution in [-0.2, 0) is 23.5 Å². The van der Waals surface area contributed by atoms with Crippen LogP contribution in [0.1, 0.15) is 37.9 Å². The third-order valence-corrected chi connectivity index (χ3v) is 6.54. The maximum Gasteiger partial charge on any atom is 0.214 e. The Morgan fingerprint density at radius 3 is 2.86 bits per heavy atom. The minimum Gasteiger partial charge on any atom is -0.388 e. The predicted octanol–water partition coefficient (Wildman–Crippen LogP) is 0.314. The van der Waals surface area contributed by atoms with Gasteiger partial charge in [-0.1, -0.05) is 12.8 Å². The maximum absolute atomic E-state index is 12.5. The first-order valence-corrected chi connectivity index (χ1v) is 9.52. The van der Waals surface area contributed by atoms with E-state index < -0.39 is 15.6 Å². The monoisotopic (exact) mass is 328 g/mol. The van der Waals surface area contributed by atoms with Gasteiger partial charge in [0.1, 0.15) is 12.2 Å². The molecule has 1 saturated carbocycles. The Kier molecular flexibility index (Phi) is 4.26. The molecule has 0 radical (unpaired) electrons. The van der Waals surface area contributed by atoms with Gasteiger partial charge in [-0.05, 0) is 25.2 Å². The smallest absolute Gasteiger partial charge is 0.214 e. The Morgan fingerprint density at radius 1 is 1.45 bits per heavy atom. The SMILES string of the molecule is Cn1cnnc1CC1(O)CCCN(S(=O)(=O)CCC2CC2)C1. The van der Waals surface area contributed by atoms with E-state index in [0.29, 0.717) is 37.5 Å². The second kappa shape index (κ2) is 5.90. The molecule has 124 valence electrons. The third-order valence-electron chi connectivity index (χ3n) is 4.69. The third kappa shape index (κ3) is 3.67. The molecule has 1 aliphatic heterocycles. The molecular weight excluding hydrogens is 304 g/mol. The van der Waals surface area contributed by atoms with Gasteiger partial charge in [0, 0.05) is 26.6 Å². The number of aromatic nitrogens is 3. The van der Waals surface area contributed by atoms with E-state index in [1.54, 1.807) is 10.9 Å². The lowest BCUT2D eigenvalue weighted by atomic mass is 9.90. The van der Waals surface area contributed by atoms with Crippen molar-refractivity contribution in [1.29, 1.82) is 0 Å². The minimum absolute atomic E-state index is 0.160. The summed E-state index contributed by atoms with van der Waals surface area (Å²) in [6.45, 7) is 0.668. The first-order valence-electron chi connectivity index (χ1n) is 7.91. The van der Waals surface area contributed by atoms with E-state index in [-0.39, 0.29) is 12.3 Å². The van der Waals surface area contributed by atoms with Gasteiger partial charge in [0.15, 0.2) is 0 Å². The van der Waals surface area contributed by atoms with Crippen molar-refractivity contribution in [3.8, 4) is 0 Å². The fourth-order valence-corrected chi connectivity index (χ4v) is 4.80. The fraction of sp³-hybridized carbons (Fsp3) is 0.857. The van der Waals surface area contributed by atoms with Crippen LogP contribution in [0, 0.1) is 5.92 Å². The lowest BCUT2D eigenvalue weighted by Gasteiger charge is -2.38. The minimum atomic E-state index is -3.27. The molecule has 2 aliphatic rings. The summed E-state index contributed by atoms with van der Waals surface area (Å²) < 4.78 is 28.1. The molecule has 1 saturated heterocycles. The van der Waals surface area contributed by atoms with Gasteiger partial charge in [-0.25, -0.2) is 8.42 Å². The van der Waals surface area contributed by atoms with Crippen molar-refractivity contribution in [3.05, 3.63) is 12.2 Å². The summed E-state index contributed by atoms with van der Waals surface area (Å²) in [5.74, 6) is 1.48. The summed E-state index contributed by atoms with van der Waals surface area (Å²) in [4.78, 5) is 0. The van der Waals surface area contributed by atoms with Crippen LogP contribution in [0.4, 0.5) is 0 Å². The van der Waals surface area contributed by atoms with Crippen molar-refractivity contribution in [2.24, 2.45) is 13.0 Å². The van der Waals surface area contributed by atoms with Crippen LogP contribution in [0.15, 0.2) is 6.33 Å². The molecule has 2 fully saturated rings. The summed E-state index contributed by atoms with van der Waals surface area (Å²) in [5.41, 5.74) is -1.05. The van der Waals surface area contributed by atoms with E-state index >= 15 is 0 Å². The van der Waals surface area contributed by atoms with Crippen molar-refractivity contribution >= 4 is 10.0 Å². The first-order chi connectivity index (χ1) is 10.4. The highest BCUT2D eigenvalue weighted by Gasteiger charge is 2.39. The number of piperidine rings is 1. The van der Waals surface area contributed by atoms with Gasteiger partial charge in [0.25, 0.3) is 0 Å². The van der Waals surface area contributed by atoms with Crippen LogP contribution in [0.3, 0.4) is 0 Å². The molecule has 1 atom stereocenters. The van der Waals surface area contributed by atoms with Crippen LogP contribution in [0.5, 0.6) is 0 Å². The number of aliphatic hydroxyl groups is 1. The second-order valence-electron chi connectivity index (χ2n) is 6.74. The highest BCUT2D eigenvalue weighted by Crippen LogP contribution is 2.33. The summed E-state index contributed by atoms with van der Waals surface area (Å²) in [7, 11) is -1.44. The molecule has 1 aromatic heterocycles. The fourth-order valence-electron chi connectivity index (χ4n) is 3.07. The van der Waals surface area contributed by atoms with Crippen molar-refractivity contribution in [2.45, 2.75) is 44.1 Å². The molecule has 7 nitrogen and oxygen atoms in total. The molecule has 8 heteroatoms. The number of rotatable bonds is 6. The number of β-amino-alcohol motifs (C(OH)–C–C–N with tert-alkyl or cyclic N) is 1. The standard InChI is InChI=1S/C14H24N4O3S/c1-17-11-15-16-13(17)9-14(19)6-2-7-18(10-14)22(20,21)8-5-12-3-4-12/h11-12,19H,2-10H2,1H3. The molecule has 0 spiro atoms. The Morgan fingerprint density at radius 2 is 2.23 bits per heavy atom. The summed E-state index contributed by atoms with van der Waals surface area (Å²) >= 11 is 0. The quantitative estimate of drug-likeness (QED) is 0.812. The summed E-state index contributed by atoms with van der Waals surface area (Å²) in [6, 6.07) is 0. The molecule has 1 aromatic rings. The van der Waals surface area contributed by atoms with Crippen LogP contribution < -0.4 is 0 Å². The molecule has 2 heterocycles. The molecule has 1 N–H and O–H groups in total. The number of nitrogens with zero attached hydrogens (tertiary/aromatic N) is 4. The predicted molar refractivity (Wildman–Crippen MR) is 81.6 cm³/mol. The van der Waals surface area contributed by atoms with E-state index in [2.05, 4.69) is 10.2 Å². The van der Waals surface area contributed by atoms with E-state index in [4.69, 9.17) is 0 Å². The normalized spacial score (nSPS) is 27.2. The van der Waals surface area contributed by atoms with Crippen LogP contribution in [0.2, 0.25) is 0 Å². The van der Waals surface area contributed by atoms with Crippen LogP contribution in [-0.4, -0.2) is 57.0 Å². The molecule has 1 unspecified atom stereocenters. The van der Waals surface area contributed by atoms with Crippen molar-refractivity contribution in [3.63, 3.8) is 0 Å². The number of hydrogen-bond donors (Lipinski definition) is 1. The van der Waals surface area contributed by atoms with Gasteiger partial charge in [-0.2, -0.15) is 4.31 Å². The Labute approximate surface area is 131 Å². The largest absolute Gasteiger partial charge is 0.388 e. The number of aryl methyl sites for hydroxylation is 1. The molecule has 0 amide bonds. The highest BCUT2D eigenvalue weighted by atomic mass is 32.2. The van der Waals surface area contributed by atoms with Gasteiger partial charge in [0.05, 0.1) is 11.4 Å².